The van der Waals surface area contributed by atoms with Crippen LogP contribution in [0.3, 0.4) is 0 Å². The first-order chi connectivity index (χ1) is 12.7. The molecule has 6 heteroatoms. The molecule has 2 aromatic carbocycles. The highest BCUT2D eigenvalue weighted by Gasteiger charge is 2.05. The zero-order valence-corrected chi connectivity index (χ0v) is 14.1. The van der Waals surface area contributed by atoms with Gasteiger partial charge in [0.05, 0.1) is 0 Å². The van der Waals surface area contributed by atoms with E-state index in [0.29, 0.717) is 17.7 Å². The van der Waals surface area contributed by atoms with Crippen molar-refractivity contribution in [1.82, 2.24) is 15.8 Å². The summed E-state index contributed by atoms with van der Waals surface area (Å²) in [6.07, 6.45) is 5.43. The standard InChI is InChI=1S/C20H20FN3O2/c21-18-11-14(6-8-20(25)24-26)5-7-16(18)12-22-10-9-15-13-23-19-4-2-1-3-17(15)19/h1-8,11,13,22-23,26H,9-10,12H2,(H,24,25). The lowest BCUT2D eigenvalue weighted by Crippen LogP contribution is -2.17. The van der Waals surface area contributed by atoms with Crippen molar-refractivity contribution in [1.29, 1.82) is 0 Å². The molecule has 0 saturated carbocycles. The molecule has 5 nitrogen and oxygen atoms in total. The Morgan fingerprint density at radius 1 is 1.19 bits per heavy atom. The van der Waals surface area contributed by atoms with Gasteiger partial charge in [-0.05, 0) is 42.3 Å². The van der Waals surface area contributed by atoms with Crippen LogP contribution in [0.5, 0.6) is 0 Å². The maximum absolute atomic E-state index is 14.1. The van der Waals surface area contributed by atoms with Crippen molar-refractivity contribution in [3.05, 3.63) is 77.2 Å². The lowest BCUT2D eigenvalue weighted by molar-refractivity contribution is -0.124. The van der Waals surface area contributed by atoms with Crippen LogP contribution < -0.4 is 10.8 Å². The maximum Gasteiger partial charge on any atom is 0.267 e. The van der Waals surface area contributed by atoms with Crippen LogP contribution in [-0.2, 0) is 17.8 Å². The fourth-order valence-corrected chi connectivity index (χ4v) is 2.80. The number of carbonyl (C=O) groups excluding carboxylic acids is 1. The quantitative estimate of drug-likeness (QED) is 0.228. The number of nitrogens with one attached hydrogen (secondary N) is 3. The second kappa shape index (κ2) is 8.42. The van der Waals surface area contributed by atoms with Crippen LogP contribution in [0, 0.1) is 5.82 Å². The fraction of sp³-hybridized carbons (Fsp3) is 0.150. The van der Waals surface area contributed by atoms with Crippen molar-refractivity contribution in [2.75, 3.05) is 6.54 Å². The molecule has 0 spiro atoms. The first-order valence-corrected chi connectivity index (χ1v) is 8.33. The molecule has 0 bridgehead atoms. The molecule has 0 aliphatic rings. The summed E-state index contributed by atoms with van der Waals surface area (Å²) < 4.78 is 14.1. The van der Waals surface area contributed by atoms with Crippen LogP contribution >= 0.6 is 0 Å². The molecular weight excluding hydrogens is 333 g/mol. The molecule has 3 aromatic rings. The normalized spacial score (nSPS) is 11.3. The van der Waals surface area contributed by atoms with Gasteiger partial charge in [0.1, 0.15) is 5.82 Å². The minimum atomic E-state index is -0.659. The third-order valence-electron chi connectivity index (χ3n) is 4.18. The van der Waals surface area contributed by atoms with Crippen molar-refractivity contribution in [2.45, 2.75) is 13.0 Å². The van der Waals surface area contributed by atoms with Gasteiger partial charge in [0.2, 0.25) is 0 Å². The van der Waals surface area contributed by atoms with Crippen LogP contribution in [0.4, 0.5) is 4.39 Å². The van der Waals surface area contributed by atoms with Gasteiger partial charge in [-0.1, -0.05) is 30.3 Å². The molecule has 0 aliphatic carbocycles. The smallest absolute Gasteiger partial charge is 0.267 e. The topological polar surface area (TPSA) is 77.2 Å². The number of aromatic nitrogens is 1. The van der Waals surface area contributed by atoms with Crippen molar-refractivity contribution in [3.8, 4) is 0 Å². The number of hydroxylamine groups is 1. The monoisotopic (exact) mass is 353 g/mol. The number of amides is 1. The van der Waals surface area contributed by atoms with Gasteiger partial charge in [-0.2, -0.15) is 0 Å². The molecule has 0 unspecified atom stereocenters. The van der Waals surface area contributed by atoms with Gasteiger partial charge in [-0.25, -0.2) is 9.87 Å². The molecule has 26 heavy (non-hydrogen) atoms. The highest BCUT2D eigenvalue weighted by atomic mass is 19.1. The SMILES string of the molecule is O=C(C=Cc1ccc(CNCCc2c[nH]c3ccccc23)c(F)c1)NO. The summed E-state index contributed by atoms with van der Waals surface area (Å²) in [5.74, 6) is -0.996. The highest BCUT2D eigenvalue weighted by Crippen LogP contribution is 2.18. The molecule has 4 N–H and O–H groups in total. The summed E-state index contributed by atoms with van der Waals surface area (Å²) in [6.45, 7) is 1.16. The van der Waals surface area contributed by atoms with E-state index >= 15 is 0 Å². The van der Waals surface area contributed by atoms with E-state index in [-0.39, 0.29) is 5.82 Å². The minimum absolute atomic E-state index is 0.337. The third kappa shape index (κ3) is 4.36. The van der Waals surface area contributed by atoms with Crippen molar-refractivity contribution >= 4 is 22.9 Å². The second-order valence-electron chi connectivity index (χ2n) is 5.95. The number of H-pyrrole nitrogens is 1. The highest BCUT2D eigenvalue weighted by molar-refractivity contribution is 5.90. The molecular formula is C20H20FN3O2. The van der Waals surface area contributed by atoms with Gasteiger partial charge in [0.25, 0.3) is 5.91 Å². The Morgan fingerprint density at radius 3 is 2.85 bits per heavy atom. The molecule has 1 heterocycles. The average molecular weight is 353 g/mol. The van der Waals surface area contributed by atoms with Gasteiger partial charge in [0, 0.05) is 35.3 Å². The predicted octanol–water partition coefficient (Wildman–Crippen LogP) is 3.16. The fourth-order valence-electron chi connectivity index (χ4n) is 2.80. The number of hydrogen-bond acceptors (Lipinski definition) is 3. The van der Waals surface area contributed by atoms with E-state index in [0.717, 1.165) is 24.6 Å². The Kier molecular flexibility index (Phi) is 5.78. The van der Waals surface area contributed by atoms with Crippen molar-refractivity contribution in [2.24, 2.45) is 0 Å². The second-order valence-corrected chi connectivity index (χ2v) is 5.95. The molecule has 0 radical (unpaired) electrons. The lowest BCUT2D eigenvalue weighted by atomic mass is 10.1. The van der Waals surface area contributed by atoms with Crippen LogP contribution in [0.2, 0.25) is 0 Å². The van der Waals surface area contributed by atoms with Crippen LogP contribution in [0.15, 0.2) is 54.7 Å². The van der Waals surface area contributed by atoms with Gasteiger partial charge in [-0.15, -0.1) is 0 Å². The van der Waals surface area contributed by atoms with E-state index < -0.39 is 5.91 Å². The summed E-state index contributed by atoms with van der Waals surface area (Å²) >= 11 is 0. The first kappa shape index (κ1) is 17.8. The van der Waals surface area contributed by atoms with Crippen LogP contribution in [0.25, 0.3) is 17.0 Å². The largest absolute Gasteiger partial charge is 0.361 e. The van der Waals surface area contributed by atoms with Crippen molar-refractivity contribution < 1.29 is 14.4 Å². The molecule has 1 aromatic heterocycles. The van der Waals surface area contributed by atoms with Gasteiger partial charge < -0.3 is 10.3 Å². The number of carbonyl (C=O) groups is 1. The van der Waals surface area contributed by atoms with E-state index in [9.17, 15) is 9.18 Å². The average Bonchev–Trinajstić information content (AvgIpc) is 3.07. The summed E-state index contributed by atoms with van der Waals surface area (Å²) in [4.78, 5) is 14.2. The summed E-state index contributed by atoms with van der Waals surface area (Å²) in [6, 6.07) is 12.9. The third-order valence-corrected chi connectivity index (χ3v) is 4.18. The number of fused-ring (bicyclic) bond motifs is 1. The molecule has 134 valence electrons. The predicted molar refractivity (Wildman–Crippen MR) is 99.1 cm³/mol. The van der Waals surface area contributed by atoms with E-state index in [4.69, 9.17) is 5.21 Å². The number of halogens is 1. The first-order valence-electron chi connectivity index (χ1n) is 8.33. The Labute approximate surface area is 150 Å². The zero-order valence-electron chi connectivity index (χ0n) is 14.1. The lowest BCUT2D eigenvalue weighted by Gasteiger charge is -2.07. The van der Waals surface area contributed by atoms with Crippen LogP contribution in [-0.4, -0.2) is 22.6 Å². The molecule has 0 atom stereocenters. The molecule has 3 rings (SSSR count). The zero-order chi connectivity index (χ0) is 18.4. The van der Waals surface area contributed by atoms with Crippen molar-refractivity contribution in [3.63, 3.8) is 0 Å². The van der Waals surface area contributed by atoms with E-state index in [2.05, 4.69) is 16.4 Å². The molecule has 0 saturated heterocycles. The summed E-state index contributed by atoms with van der Waals surface area (Å²) in [7, 11) is 0. The number of benzene rings is 2. The number of para-hydroxylation sites is 1. The van der Waals surface area contributed by atoms with E-state index in [1.54, 1.807) is 12.1 Å². The Morgan fingerprint density at radius 2 is 2.04 bits per heavy atom. The maximum atomic E-state index is 14.1. The molecule has 0 aliphatic heterocycles. The summed E-state index contributed by atoms with van der Waals surface area (Å²) in [5.41, 5.74) is 4.95. The van der Waals surface area contributed by atoms with E-state index in [1.165, 1.54) is 28.6 Å². The molecule has 1 amide bonds. The number of hydrogen-bond donors (Lipinski definition) is 4. The Balaban J connectivity index is 1.53. The van der Waals surface area contributed by atoms with Gasteiger partial charge in [-0.3, -0.25) is 10.0 Å². The Bertz CT molecular complexity index is 934. The number of rotatable bonds is 7. The van der Waals surface area contributed by atoms with Crippen LogP contribution in [0.1, 0.15) is 16.7 Å². The Hall–Kier alpha value is -2.96. The summed E-state index contributed by atoms with van der Waals surface area (Å²) in [5, 5.41) is 12.9. The minimum Gasteiger partial charge on any atom is -0.361 e. The van der Waals surface area contributed by atoms with Gasteiger partial charge in [0.15, 0.2) is 0 Å². The van der Waals surface area contributed by atoms with Gasteiger partial charge >= 0.3 is 0 Å². The number of aromatic amines is 1. The molecule has 0 fully saturated rings. The van der Waals surface area contributed by atoms with E-state index in [1.807, 2.05) is 24.4 Å².